The summed E-state index contributed by atoms with van der Waals surface area (Å²) < 4.78 is 0. The quantitative estimate of drug-likeness (QED) is 0.837. The molecule has 1 amide bonds. The standard InChI is InChI=1S/C15H23ClN4O/c1-15(2)10-20(7-6-19(15)3)9-14(21)18-13-8-11(16)4-5-12(13)17/h4-5,8H,6-7,9-10,17H2,1-3H3,(H,18,21). The Balaban J connectivity index is 1.95. The first-order valence-electron chi connectivity index (χ1n) is 7.06. The predicted molar refractivity (Wildman–Crippen MR) is 87.6 cm³/mol. The highest BCUT2D eigenvalue weighted by atomic mass is 35.5. The molecule has 1 aromatic rings. The Morgan fingerprint density at radius 1 is 1.43 bits per heavy atom. The maximum Gasteiger partial charge on any atom is 0.238 e. The molecule has 5 nitrogen and oxygen atoms in total. The van der Waals surface area contributed by atoms with Crippen molar-refractivity contribution in [2.75, 3.05) is 44.3 Å². The highest BCUT2D eigenvalue weighted by Crippen LogP contribution is 2.23. The van der Waals surface area contributed by atoms with Gasteiger partial charge in [0.15, 0.2) is 0 Å². The normalized spacial score (nSPS) is 19.4. The summed E-state index contributed by atoms with van der Waals surface area (Å²) in [5, 5.41) is 3.39. The van der Waals surface area contributed by atoms with Crippen molar-refractivity contribution in [1.29, 1.82) is 0 Å². The number of nitrogens with zero attached hydrogens (tertiary/aromatic N) is 2. The minimum absolute atomic E-state index is 0.0654. The Kier molecular flexibility index (Phi) is 4.76. The summed E-state index contributed by atoms with van der Waals surface area (Å²) in [5.41, 5.74) is 7.01. The smallest absolute Gasteiger partial charge is 0.238 e. The molecule has 1 aliphatic rings. The lowest BCUT2D eigenvalue weighted by Gasteiger charge is -2.45. The third-order valence-electron chi connectivity index (χ3n) is 4.05. The van der Waals surface area contributed by atoms with E-state index in [1.54, 1.807) is 18.2 Å². The number of nitrogens with two attached hydrogens (primary N) is 1. The molecule has 1 saturated heterocycles. The molecule has 0 atom stereocenters. The summed E-state index contributed by atoms with van der Waals surface area (Å²) in [7, 11) is 2.12. The van der Waals surface area contributed by atoms with Crippen LogP contribution in [-0.2, 0) is 4.79 Å². The molecule has 1 aliphatic heterocycles. The molecule has 0 saturated carbocycles. The lowest BCUT2D eigenvalue weighted by Crippen LogP contribution is -2.58. The van der Waals surface area contributed by atoms with Gasteiger partial charge in [-0.05, 0) is 39.1 Å². The maximum absolute atomic E-state index is 12.2. The first-order chi connectivity index (χ1) is 9.78. The Morgan fingerprint density at radius 2 is 2.14 bits per heavy atom. The number of hydrogen-bond donors (Lipinski definition) is 2. The van der Waals surface area contributed by atoms with Crippen molar-refractivity contribution in [1.82, 2.24) is 9.80 Å². The molecular formula is C15H23ClN4O. The molecule has 116 valence electrons. The number of likely N-dealkylation sites (N-methyl/N-ethyl adjacent to an activating group) is 1. The lowest BCUT2D eigenvalue weighted by molar-refractivity contribution is -0.118. The van der Waals surface area contributed by atoms with E-state index < -0.39 is 0 Å². The number of nitrogen functional groups attached to an aromatic ring is 1. The minimum atomic E-state index is -0.0654. The van der Waals surface area contributed by atoms with E-state index in [-0.39, 0.29) is 11.4 Å². The van der Waals surface area contributed by atoms with E-state index in [0.717, 1.165) is 19.6 Å². The summed E-state index contributed by atoms with van der Waals surface area (Å²) in [6, 6.07) is 5.06. The number of rotatable bonds is 3. The molecule has 1 aromatic carbocycles. The van der Waals surface area contributed by atoms with Crippen LogP contribution >= 0.6 is 11.6 Å². The summed E-state index contributed by atoms with van der Waals surface area (Å²) in [4.78, 5) is 16.7. The van der Waals surface area contributed by atoms with Gasteiger partial charge >= 0.3 is 0 Å². The SMILES string of the molecule is CN1CCN(CC(=O)Nc2cc(Cl)ccc2N)CC1(C)C. The van der Waals surface area contributed by atoms with Gasteiger partial charge in [0.05, 0.1) is 17.9 Å². The second-order valence-electron chi connectivity index (χ2n) is 6.22. The van der Waals surface area contributed by atoms with Crippen molar-refractivity contribution in [2.45, 2.75) is 19.4 Å². The van der Waals surface area contributed by atoms with Crippen LogP contribution in [0.5, 0.6) is 0 Å². The van der Waals surface area contributed by atoms with Gasteiger partial charge in [0.2, 0.25) is 5.91 Å². The summed E-state index contributed by atoms with van der Waals surface area (Å²) in [6.45, 7) is 7.45. The first-order valence-corrected chi connectivity index (χ1v) is 7.44. The van der Waals surface area contributed by atoms with E-state index in [4.69, 9.17) is 17.3 Å². The van der Waals surface area contributed by atoms with E-state index in [9.17, 15) is 4.79 Å². The van der Waals surface area contributed by atoms with Gasteiger partial charge in [-0.25, -0.2) is 0 Å². The number of anilines is 2. The maximum atomic E-state index is 12.2. The van der Waals surface area contributed by atoms with Crippen molar-refractivity contribution in [3.05, 3.63) is 23.2 Å². The second-order valence-corrected chi connectivity index (χ2v) is 6.66. The van der Waals surface area contributed by atoms with Gasteiger partial charge in [-0.2, -0.15) is 0 Å². The first kappa shape index (κ1) is 16.1. The molecule has 0 radical (unpaired) electrons. The molecule has 0 aliphatic carbocycles. The number of halogens is 1. The summed E-state index contributed by atoms with van der Waals surface area (Å²) in [5.74, 6) is -0.0654. The molecular weight excluding hydrogens is 288 g/mol. The minimum Gasteiger partial charge on any atom is -0.397 e. The van der Waals surface area contributed by atoms with Crippen LogP contribution in [0, 0.1) is 0 Å². The van der Waals surface area contributed by atoms with Gasteiger partial charge in [-0.3, -0.25) is 14.6 Å². The van der Waals surface area contributed by atoms with E-state index in [0.29, 0.717) is 22.9 Å². The number of benzene rings is 1. The zero-order valence-corrected chi connectivity index (χ0v) is 13.6. The number of carbonyl (C=O) groups excluding carboxylic acids is 1. The average Bonchev–Trinajstić information content (AvgIpc) is 2.38. The number of piperazine rings is 1. The molecule has 0 unspecified atom stereocenters. The van der Waals surface area contributed by atoms with Gasteiger partial charge in [-0.1, -0.05) is 11.6 Å². The van der Waals surface area contributed by atoms with Crippen LogP contribution < -0.4 is 11.1 Å². The molecule has 0 aromatic heterocycles. The predicted octanol–water partition coefficient (Wildman–Crippen LogP) is 1.89. The van der Waals surface area contributed by atoms with Gasteiger partial charge in [-0.15, -0.1) is 0 Å². The van der Waals surface area contributed by atoms with E-state index in [2.05, 4.69) is 36.0 Å². The van der Waals surface area contributed by atoms with Crippen molar-refractivity contribution in [3.8, 4) is 0 Å². The van der Waals surface area contributed by atoms with Crippen molar-refractivity contribution < 1.29 is 4.79 Å². The Morgan fingerprint density at radius 3 is 2.81 bits per heavy atom. The van der Waals surface area contributed by atoms with Crippen LogP contribution in [-0.4, -0.2) is 54.5 Å². The topological polar surface area (TPSA) is 61.6 Å². The van der Waals surface area contributed by atoms with Crippen molar-refractivity contribution in [2.24, 2.45) is 0 Å². The largest absolute Gasteiger partial charge is 0.397 e. The molecule has 2 rings (SSSR count). The fraction of sp³-hybridized carbons (Fsp3) is 0.533. The number of hydrogen-bond acceptors (Lipinski definition) is 4. The number of amides is 1. The van der Waals surface area contributed by atoms with Crippen LogP contribution in [0.15, 0.2) is 18.2 Å². The van der Waals surface area contributed by atoms with Gasteiger partial charge in [0.25, 0.3) is 0 Å². The Labute approximate surface area is 131 Å². The van der Waals surface area contributed by atoms with Gasteiger partial charge in [0.1, 0.15) is 0 Å². The lowest BCUT2D eigenvalue weighted by atomic mass is 10.00. The second kappa shape index (κ2) is 6.22. The highest BCUT2D eigenvalue weighted by molar-refractivity contribution is 6.31. The molecule has 0 bridgehead atoms. The van der Waals surface area contributed by atoms with E-state index >= 15 is 0 Å². The Hall–Kier alpha value is -1.30. The highest BCUT2D eigenvalue weighted by Gasteiger charge is 2.31. The fourth-order valence-electron chi connectivity index (χ4n) is 2.51. The van der Waals surface area contributed by atoms with Crippen molar-refractivity contribution in [3.63, 3.8) is 0 Å². The molecule has 3 N–H and O–H groups in total. The zero-order valence-electron chi connectivity index (χ0n) is 12.8. The number of carbonyl (C=O) groups is 1. The molecule has 6 heteroatoms. The van der Waals surface area contributed by atoms with Gasteiger partial charge < -0.3 is 11.1 Å². The molecule has 21 heavy (non-hydrogen) atoms. The Bertz CT molecular complexity index is 532. The third kappa shape index (κ3) is 4.09. The molecule has 0 spiro atoms. The van der Waals surface area contributed by atoms with Gasteiger partial charge in [0, 0.05) is 30.2 Å². The third-order valence-corrected chi connectivity index (χ3v) is 4.29. The van der Waals surface area contributed by atoms with E-state index in [1.165, 1.54) is 0 Å². The van der Waals surface area contributed by atoms with Crippen molar-refractivity contribution >= 4 is 28.9 Å². The zero-order chi connectivity index (χ0) is 15.6. The monoisotopic (exact) mass is 310 g/mol. The summed E-state index contributed by atoms with van der Waals surface area (Å²) >= 11 is 5.92. The van der Waals surface area contributed by atoms with Crippen LogP contribution in [0.1, 0.15) is 13.8 Å². The van der Waals surface area contributed by atoms with Crippen LogP contribution in [0.2, 0.25) is 5.02 Å². The van der Waals surface area contributed by atoms with Crippen LogP contribution in [0.3, 0.4) is 0 Å². The van der Waals surface area contributed by atoms with Crippen LogP contribution in [0.4, 0.5) is 11.4 Å². The average molecular weight is 311 g/mol. The molecule has 1 fully saturated rings. The summed E-state index contributed by atoms with van der Waals surface area (Å²) in [6.07, 6.45) is 0. The van der Waals surface area contributed by atoms with Crippen LogP contribution in [0.25, 0.3) is 0 Å². The van der Waals surface area contributed by atoms with E-state index in [1.807, 2.05) is 0 Å². The molecule has 1 heterocycles. The number of nitrogens with one attached hydrogen (secondary N) is 1. The fourth-order valence-corrected chi connectivity index (χ4v) is 2.68.